The molecule has 0 fully saturated rings. The lowest BCUT2D eigenvalue weighted by Crippen LogP contribution is -2.02. The number of rotatable bonds is 4. The highest BCUT2D eigenvalue weighted by atomic mass is 32.2. The lowest BCUT2D eigenvalue weighted by atomic mass is 10.2. The fourth-order valence-electron chi connectivity index (χ4n) is 1.12. The molecule has 0 bridgehead atoms. The molecule has 0 aliphatic heterocycles. The maximum atomic E-state index is 10.8. The van der Waals surface area contributed by atoms with E-state index in [0.29, 0.717) is 5.56 Å². The fraction of sp³-hybridized carbons (Fsp3) is 0.364. The van der Waals surface area contributed by atoms with Crippen molar-refractivity contribution >= 4 is 18.0 Å². The third-order valence-electron chi connectivity index (χ3n) is 1.88. The Bertz CT molecular complexity index is 323. The Morgan fingerprint density at radius 1 is 1.57 bits per heavy atom. The number of carbonyl (C=O) groups is 1. The van der Waals surface area contributed by atoms with E-state index in [9.17, 15) is 4.79 Å². The van der Waals surface area contributed by atoms with Crippen LogP contribution in [-0.4, -0.2) is 23.2 Å². The third-order valence-corrected chi connectivity index (χ3v) is 3.05. The summed E-state index contributed by atoms with van der Waals surface area (Å²) >= 11 is 1.52. The van der Waals surface area contributed by atoms with Gasteiger partial charge >= 0.3 is 0 Å². The number of thioether (sulfide) groups is 1. The predicted octanol–water partition coefficient (Wildman–Crippen LogP) is 2.28. The standard InChI is InChI=1S/C11H14O2S/c1-8-3-4-11(10(5-8)7-13)14-9(2)6-12/h3-5,7,9,12H,6H2,1-2H3. The fourth-order valence-corrected chi connectivity index (χ4v) is 2.02. The van der Waals surface area contributed by atoms with Crippen molar-refractivity contribution < 1.29 is 9.90 Å². The summed E-state index contributed by atoms with van der Waals surface area (Å²) in [5.41, 5.74) is 1.78. The molecule has 0 aliphatic carbocycles. The van der Waals surface area contributed by atoms with Gasteiger partial charge in [0.1, 0.15) is 0 Å². The van der Waals surface area contributed by atoms with Gasteiger partial charge in [-0.15, -0.1) is 11.8 Å². The predicted molar refractivity (Wildman–Crippen MR) is 59.0 cm³/mol. The third kappa shape index (κ3) is 2.86. The number of aldehydes is 1. The van der Waals surface area contributed by atoms with Gasteiger partial charge in [-0.05, 0) is 19.1 Å². The van der Waals surface area contributed by atoms with Crippen molar-refractivity contribution in [2.45, 2.75) is 24.0 Å². The number of hydrogen-bond acceptors (Lipinski definition) is 3. The van der Waals surface area contributed by atoms with Gasteiger partial charge in [-0.1, -0.05) is 18.6 Å². The van der Waals surface area contributed by atoms with E-state index in [0.717, 1.165) is 16.7 Å². The van der Waals surface area contributed by atoms with Crippen molar-refractivity contribution in [3.05, 3.63) is 29.3 Å². The van der Waals surface area contributed by atoms with E-state index < -0.39 is 0 Å². The number of carbonyl (C=O) groups excluding carboxylic acids is 1. The summed E-state index contributed by atoms with van der Waals surface area (Å²) in [6.45, 7) is 4.01. The van der Waals surface area contributed by atoms with Crippen LogP contribution >= 0.6 is 11.8 Å². The monoisotopic (exact) mass is 210 g/mol. The average Bonchev–Trinajstić information content (AvgIpc) is 2.20. The molecule has 0 heterocycles. The van der Waals surface area contributed by atoms with Crippen LogP contribution in [0.1, 0.15) is 22.8 Å². The van der Waals surface area contributed by atoms with E-state index >= 15 is 0 Å². The molecule has 0 saturated carbocycles. The number of hydrogen-bond donors (Lipinski definition) is 1. The zero-order valence-corrected chi connectivity index (χ0v) is 9.17. The molecule has 1 aromatic rings. The van der Waals surface area contributed by atoms with Crippen molar-refractivity contribution in [3.63, 3.8) is 0 Å². The van der Waals surface area contributed by atoms with Crippen LogP contribution < -0.4 is 0 Å². The minimum Gasteiger partial charge on any atom is -0.395 e. The molecule has 1 unspecified atom stereocenters. The van der Waals surface area contributed by atoms with Gasteiger partial charge in [-0.3, -0.25) is 4.79 Å². The van der Waals surface area contributed by atoms with Crippen molar-refractivity contribution in [2.75, 3.05) is 6.61 Å². The van der Waals surface area contributed by atoms with Crippen LogP contribution in [0.25, 0.3) is 0 Å². The van der Waals surface area contributed by atoms with E-state index in [4.69, 9.17) is 5.11 Å². The highest BCUT2D eigenvalue weighted by Gasteiger charge is 2.07. The highest BCUT2D eigenvalue weighted by Crippen LogP contribution is 2.26. The van der Waals surface area contributed by atoms with Crippen molar-refractivity contribution in [1.29, 1.82) is 0 Å². The van der Waals surface area contributed by atoms with Gasteiger partial charge in [-0.25, -0.2) is 0 Å². The Morgan fingerprint density at radius 2 is 2.29 bits per heavy atom. The minimum atomic E-state index is 0.122. The number of aliphatic hydroxyl groups excluding tert-OH is 1. The molecule has 1 rings (SSSR count). The van der Waals surface area contributed by atoms with Crippen LogP contribution in [0.4, 0.5) is 0 Å². The maximum absolute atomic E-state index is 10.8. The van der Waals surface area contributed by atoms with E-state index in [-0.39, 0.29) is 11.9 Å². The Kier molecular flexibility index (Phi) is 4.17. The first-order chi connectivity index (χ1) is 6.67. The van der Waals surface area contributed by atoms with Crippen LogP contribution in [0.3, 0.4) is 0 Å². The minimum absolute atomic E-state index is 0.122. The summed E-state index contributed by atoms with van der Waals surface area (Å²) in [7, 11) is 0. The maximum Gasteiger partial charge on any atom is 0.151 e. The molecule has 0 amide bonds. The van der Waals surface area contributed by atoms with Gasteiger partial charge in [0.25, 0.3) is 0 Å². The van der Waals surface area contributed by atoms with Crippen LogP contribution in [0.15, 0.2) is 23.1 Å². The van der Waals surface area contributed by atoms with Crippen LogP contribution in [0, 0.1) is 6.92 Å². The quantitative estimate of drug-likeness (QED) is 0.612. The van der Waals surface area contributed by atoms with E-state index in [1.165, 1.54) is 11.8 Å². The first-order valence-electron chi connectivity index (χ1n) is 4.50. The van der Waals surface area contributed by atoms with E-state index in [1.54, 1.807) is 0 Å². The molecule has 1 atom stereocenters. The molecular formula is C11H14O2S. The Balaban J connectivity index is 2.90. The first-order valence-corrected chi connectivity index (χ1v) is 5.38. The molecule has 1 N–H and O–H groups in total. The number of aryl methyl sites for hydroxylation is 1. The second kappa shape index (κ2) is 5.17. The normalized spacial score (nSPS) is 12.5. The van der Waals surface area contributed by atoms with Crippen LogP contribution in [0.2, 0.25) is 0 Å². The molecule has 2 nitrogen and oxygen atoms in total. The summed E-state index contributed by atoms with van der Waals surface area (Å²) in [6.07, 6.45) is 0.861. The largest absolute Gasteiger partial charge is 0.395 e. The molecular weight excluding hydrogens is 196 g/mol. The lowest BCUT2D eigenvalue weighted by Gasteiger charge is -2.09. The molecule has 0 spiro atoms. The van der Waals surface area contributed by atoms with Gasteiger partial charge in [0.05, 0.1) is 6.61 Å². The average molecular weight is 210 g/mol. The summed E-state index contributed by atoms with van der Waals surface area (Å²) in [5.74, 6) is 0. The number of benzene rings is 1. The summed E-state index contributed by atoms with van der Waals surface area (Å²) < 4.78 is 0. The molecule has 1 aromatic carbocycles. The number of aliphatic hydroxyl groups is 1. The second-order valence-electron chi connectivity index (χ2n) is 3.27. The molecule has 14 heavy (non-hydrogen) atoms. The van der Waals surface area contributed by atoms with Gasteiger partial charge in [0, 0.05) is 15.7 Å². The lowest BCUT2D eigenvalue weighted by molar-refractivity contribution is 0.112. The van der Waals surface area contributed by atoms with Gasteiger partial charge in [-0.2, -0.15) is 0 Å². The zero-order chi connectivity index (χ0) is 10.6. The molecule has 0 aliphatic rings. The van der Waals surface area contributed by atoms with Gasteiger partial charge in [0.2, 0.25) is 0 Å². The SMILES string of the molecule is Cc1ccc(SC(C)CO)c(C=O)c1. The molecule has 0 radical (unpaired) electrons. The highest BCUT2D eigenvalue weighted by molar-refractivity contribution is 8.00. The van der Waals surface area contributed by atoms with Gasteiger partial charge in [0.15, 0.2) is 6.29 Å². The van der Waals surface area contributed by atoms with Crippen molar-refractivity contribution in [3.8, 4) is 0 Å². The first kappa shape index (κ1) is 11.3. The van der Waals surface area contributed by atoms with E-state index in [2.05, 4.69) is 0 Å². The van der Waals surface area contributed by atoms with E-state index in [1.807, 2.05) is 32.0 Å². The topological polar surface area (TPSA) is 37.3 Å². The smallest absolute Gasteiger partial charge is 0.151 e. The molecule has 0 aromatic heterocycles. The van der Waals surface area contributed by atoms with Crippen molar-refractivity contribution in [1.82, 2.24) is 0 Å². The molecule has 0 saturated heterocycles. The molecule has 76 valence electrons. The Hall–Kier alpha value is -0.800. The summed E-state index contributed by atoms with van der Waals surface area (Å²) in [6, 6.07) is 5.76. The zero-order valence-electron chi connectivity index (χ0n) is 8.36. The van der Waals surface area contributed by atoms with Crippen LogP contribution in [0.5, 0.6) is 0 Å². The van der Waals surface area contributed by atoms with Crippen molar-refractivity contribution in [2.24, 2.45) is 0 Å². The summed E-state index contributed by atoms with van der Waals surface area (Å²) in [5, 5.41) is 9.03. The Labute approximate surface area is 88.3 Å². The second-order valence-corrected chi connectivity index (χ2v) is 4.75. The molecule has 3 heteroatoms. The van der Waals surface area contributed by atoms with Gasteiger partial charge < -0.3 is 5.11 Å². The van der Waals surface area contributed by atoms with Crippen LogP contribution in [-0.2, 0) is 0 Å². The Morgan fingerprint density at radius 3 is 2.86 bits per heavy atom. The summed E-state index contributed by atoms with van der Waals surface area (Å²) in [4.78, 5) is 11.7.